The van der Waals surface area contributed by atoms with E-state index in [9.17, 15) is 9.59 Å². The van der Waals surface area contributed by atoms with Crippen LogP contribution in [-0.4, -0.2) is 16.7 Å². The number of rotatable bonds is 7. The molecule has 0 saturated carbocycles. The summed E-state index contributed by atoms with van der Waals surface area (Å²) < 4.78 is 5.84. The third-order valence-corrected chi connectivity index (χ3v) is 5.72. The number of aromatic nitrogens is 1. The van der Waals surface area contributed by atoms with Crippen molar-refractivity contribution in [2.24, 2.45) is 0 Å². The molecule has 160 valence electrons. The van der Waals surface area contributed by atoms with Crippen molar-refractivity contribution in [3.63, 3.8) is 0 Å². The molecule has 1 aromatic heterocycles. The molecule has 0 radical (unpaired) electrons. The summed E-state index contributed by atoms with van der Waals surface area (Å²) >= 11 is 1.40. The second-order valence-corrected chi connectivity index (χ2v) is 8.16. The number of hydrogen-bond acceptors (Lipinski definition) is 5. The van der Waals surface area contributed by atoms with Gasteiger partial charge in [0.05, 0.1) is 11.4 Å². The Balaban J connectivity index is 1.43. The van der Waals surface area contributed by atoms with Crippen LogP contribution in [0.5, 0.6) is 5.75 Å². The van der Waals surface area contributed by atoms with E-state index in [1.54, 1.807) is 41.3 Å². The van der Waals surface area contributed by atoms with Crippen LogP contribution in [0.2, 0.25) is 0 Å². The van der Waals surface area contributed by atoms with Crippen molar-refractivity contribution in [2.45, 2.75) is 20.5 Å². The number of carbonyl (C=O) groups excluding carboxylic acids is 2. The number of carbonyl (C=O) groups is 2. The summed E-state index contributed by atoms with van der Waals surface area (Å²) in [5.41, 5.74) is 3.85. The minimum absolute atomic E-state index is 0.0261. The first-order valence-corrected chi connectivity index (χ1v) is 11.0. The molecule has 4 rings (SSSR count). The highest BCUT2D eigenvalue weighted by atomic mass is 32.1. The summed E-state index contributed by atoms with van der Waals surface area (Å²) in [5.74, 6) is 0.518. The Morgan fingerprint density at radius 3 is 2.34 bits per heavy atom. The Kier molecular flexibility index (Phi) is 6.42. The maximum Gasteiger partial charge on any atom is 0.230 e. The molecule has 0 atom stereocenters. The highest BCUT2D eigenvalue weighted by Crippen LogP contribution is 2.30. The largest absolute Gasteiger partial charge is 0.487 e. The van der Waals surface area contributed by atoms with Crippen LogP contribution >= 0.6 is 11.3 Å². The number of anilines is 2. The molecule has 32 heavy (non-hydrogen) atoms. The van der Waals surface area contributed by atoms with E-state index in [0.29, 0.717) is 22.0 Å². The Bertz CT molecular complexity index is 1230. The predicted octanol–water partition coefficient (Wildman–Crippen LogP) is 5.95. The van der Waals surface area contributed by atoms with Crippen LogP contribution in [0.15, 0.2) is 84.2 Å². The van der Waals surface area contributed by atoms with Crippen LogP contribution in [0.3, 0.4) is 0 Å². The van der Waals surface area contributed by atoms with E-state index in [-0.39, 0.29) is 18.3 Å². The smallest absolute Gasteiger partial charge is 0.230 e. The van der Waals surface area contributed by atoms with E-state index in [4.69, 9.17) is 4.74 Å². The highest BCUT2D eigenvalue weighted by molar-refractivity contribution is 7.14. The van der Waals surface area contributed by atoms with Crippen LogP contribution in [-0.2, 0) is 11.4 Å². The van der Waals surface area contributed by atoms with E-state index >= 15 is 0 Å². The van der Waals surface area contributed by atoms with Gasteiger partial charge in [0, 0.05) is 23.4 Å². The zero-order chi connectivity index (χ0) is 22.5. The molecule has 0 N–H and O–H groups in total. The van der Waals surface area contributed by atoms with Crippen LogP contribution in [0.25, 0.3) is 0 Å². The molecule has 6 heteroatoms. The van der Waals surface area contributed by atoms with Crippen molar-refractivity contribution in [1.82, 2.24) is 4.98 Å². The summed E-state index contributed by atoms with van der Waals surface area (Å²) in [5, 5.41) is 2.49. The van der Waals surface area contributed by atoms with Crippen molar-refractivity contribution < 1.29 is 14.3 Å². The average molecular weight is 443 g/mol. The lowest BCUT2D eigenvalue weighted by molar-refractivity contribution is -0.115. The standard InChI is InChI=1S/C26H22N2O3S/c1-18-7-6-10-23(15-18)28(19(2)29)26-27-22(17-32-26)16-31-24-13-11-21(12-14-24)25(30)20-8-4-3-5-9-20/h3-15,17H,16H2,1-2H3. The van der Waals surface area contributed by atoms with Gasteiger partial charge in [-0.2, -0.15) is 0 Å². The minimum atomic E-state index is -0.101. The first-order chi connectivity index (χ1) is 15.5. The van der Waals surface area contributed by atoms with Crippen LogP contribution in [0, 0.1) is 6.92 Å². The molecule has 0 aliphatic heterocycles. The fourth-order valence-corrected chi connectivity index (χ4v) is 4.15. The SMILES string of the molecule is CC(=O)N(c1cccc(C)c1)c1nc(COc2ccc(C(=O)c3ccccc3)cc2)cs1. The van der Waals surface area contributed by atoms with Crippen molar-refractivity contribution in [1.29, 1.82) is 0 Å². The molecule has 4 aromatic rings. The molecule has 5 nitrogen and oxygen atoms in total. The van der Waals surface area contributed by atoms with Gasteiger partial charge >= 0.3 is 0 Å². The average Bonchev–Trinajstić information content (AvgIpc) is 3.26. The third kappa shape index (κ3) is 4.92. The molecule has 0 fully saturated rings. The van der Waals surface area contributed by atoms with Crippen molar-refractivity contribution in [2.75, 3.05) is 4.90 Å². The van der Waals surface area contributed by atoms with Gasteiger partial charge in [-0.05, 0) is 48.9 Å². The second kappa shape index (κ2) is 9.58. The molecule has 1 heterocycles. The number of benzene rings is 3. The highest BCUT2D eigenvalue weighted by Gasteiger charge is 2.18. The van der Waals surface area contributed by atoms with Crippen molar-refractivity contribution in [3.05, 3.63) is 107 Å². The molecule has 3 aromatic carbocycles. The summed E-state index contributed by atoms with van der Waals surface area (Å²) in [6, 6.07) is 24.0. The first-order valence-electron chi connectivity index (χ1n) is 10.2. The van der Waals surface area contributed by atoms with Gasteiger partial charge in [-0.25, -0.2) is 4.98 Å². The zero-order valence-corrected chi connectivity index (χ0v) is 18.6. The predicted molar refractivity (Wildman–Crippen MR) is 127 cm³/mol. The maximum atomic E-state index is 12.5. The zero-order valence-electron chi connectivity index (χ0n) is 17.8. The second-order valence-electron chi connectivity index (χ2n) is 7.32. The van der Waals surface area contributed by atoms with Crippen LogP contribution in [0.4, 0.5) is 10.8 Å². The van der Waals surface area contributed by atoms with Gasteiger partial charge in [0.2, 0.25) is 5.91 Å². The summed E-state index contributed by atoms with van der Waals surface area (Å²) in [4.78, 5) is 31.0. The summed E-state index contributed by atoms with van der Waals surface area (Å²) in [6.45, 7) is 3.78. The topological polar surface area (TPSA) is 59.5 Å². The number of hydrogen-bond donors (Lipinski definition) is 0. The lowest BCUT2D eigenvalue weighted by atomic mass is 10.0. The number of thiazole rings is 1. The van der Waals surface area contributed by atoms with E-state index in [0.717, 1.165) is 16.9 Å². The lowest BCUT2D eigenvalue weighted by Crippen LogP contribution is -2.22. The lowest BCUT2D eigenvalue weighted by Gasteiger charge is -2.18. The van der Waals surface area contributed by atoms with Gasteiger partial charge in [-0.3, -0.25) is 14.5 Å². The maximum absolute atomic E-state index is 12.5. The molecular formula is C26H22N2O3S. The number of amides is 1. The first kappa shape index (κ1) is 21.5. The summed E-state index contributed by atoms with van der Waals surface area (Å²) in [6.07, 6.45) is 0. The Labute approximate surface area is 190 Å². The van der Waals surface area contributed by atoms with E-state index in [1.165, 1.54) is 18.3 Å². The molecule has 0 saturated heterocycles. The fourth-order valence-electron chi connectivity index (χ4n) is 3.28. The molecule has 0 spiro atoms. The van der Waals surface area contributed by atoms with E-state index in [1.807, 2.05) is 54.8 Å². The van der Waals surface area contributed by atoms with E-state index in [2.05, 4.69) is 4.98 Å². The van der Waals surface area contributed by atoms with Gasteiger partial charge in [0.15, 0.2) is 10.9 Å². The minimum Gasteiger partial charge on any atom is -0.487 e. The number of ether oxygens (including phenoxy) is 1. The molecule has 0 aliphatic rings. The van der Waals surface area contributed by atoms with E-state index < -0.39 is 0 Å². The fraction of sp³-hybridized carbons (Fsp3) is 0.115. The number of ketones is 1. The molecular weight excluding hydrogens is 420 g/mol. The third-order valence-electron chi connectivity index (χ3n) is 4.84. The molecule has 0 unspecified atom stereocenters. The monoisotopic (exact) mass is 442 g/mol. The van der Waals surface area contributed by atoms with Gasteiger partial charge in [0.1, 0.15) is 12.4 Å². The Hall–Kier alpha value is -3.77. The Morgan fingerprint density at radius 2 is 1.66 bits per heavy atom. The number of aryl methyl sites for hydroxylation is 1. The van der Waals surface area contributed by atoms with Gasteiger partial charge in [-0.1, -0.05) is 42.5 Å². The van der Waals surface area contributed by atoms with Gasteiger partial charge in [0.25, 0.3) is 0 Å². The van der Waals surface area contributed by atoms with Crippen molar-refractivity contribution >= 4 is 33.8 Å². The molecule has 1 amide bonds. The van der Waals surface area contributed by atoms with Crippen LogP contribution < -0.4 is 9.64 Å². The quantitative estimate of drug-likeness (QED) is 0.332. The Morgan fingerprint density at radius 1 is 0.938 bits per heavy atom. The van der Waals surface area contributed by atoms with Gasteiger partial charge in [-0.15, -0.1) is 11.3 Å². The number of nitrogens with zero attached hydrogens (tertiary/aromatic N) is 2. The molecule has 0 aliphatic carbocycles. The van der Waals surface area contributed by atoms with Crippen LogP contribution in [0.1, 0.15) is 34.1 Å². The van der Waals surface area contributed by atoms with Gasteiger partial charge < -0.3 is 4.74 Å². The normalized spacial score (nSPS) is 10.6. The summed E-state index contributed by atoms with van der Waals surface area (Å²) in [7, 11) is 0. The van der Waals surface area contributed by atoms with Crippen molar-refractivity contribution in [3.8, 4) is 5.75 Å². The molecule has 0 bridgehead atoms.